The molecule has 2 heterocycles. The van der Waals surface area contributed by atoms with Gasteiger partial charge >= 0.3 is 0 Å². The van der Waals surface area contributed by atoms with Gasteiger partial charge in [-0.1, -0.05) is 6.07 Å². The minimum Gasteiger partial charge on any atom is -0.381 e. The molecule has 0 radical (unpaired) electrons. The van der Waals surface area contributed by atoms with Gasteiger partial charge in [0.15, 0.2) is 0 Å². The van der Waals surface area contributed by atoms with Crippen LogP contribution < -0.4 is 10.6 Å². The lowest BCUT2D eigenvalue weighted by Crippen LogP contribution is -2.19. The molecule has 24 heavy (non-hydrogen) atoms. The van der Waals surface area contributed by atoms with Gasteiger partial charge in [0.1, 0.15) is 5.69 Å². The standard InChI is InChI=1S/C19H23N3O2/c1-13-5-6-15(10-14(13)2)22-19(23)18-8-7-16(11-21-18)20-12-17-4-3-9-24-17/h5-8,10-11,17,20H,3-4,9,12H2,1-2H3,(H,22,23). The number of hydrogen-bond donors (Lipinski definition) is 2. The Morgan fingerprint density at radius 3 is 2.71 bits per heavy atom. The number of anilines is 2. The minimum atomic E-state index is -0.205. The summed E-state index contributed by atoms with van der Waals surface area (Å²) in [6.07, 6.45) is 4.18. The van der Waals surface area contributed by atoms with Crippen LogP contribution in [0.2, 0.25) is 0 Å². The number of hydrogen-bond acceptors (Lipinski definition) is 4. The van der Waals surface area contributed by atoms with E-state index in [9.17, 15) is 4.79 Å². The zero-order valence-corrected chi connectivity index (χ0v) is 14.1. The molecule has 1 aromatic carbocycles. The summed E-state index contributed by atoms with van der Waals surface area (Å²) in [7, 11) is 0. The summed E-state index contributed by atoms with van der Waals surface area (Å²) in [5.74, 6) is -0.205. The van der Waals surface area contributed by atoms with Gasteiger partial charge in [-0.2, -0.15) is 0 Å². The van der Waals surface area contributed by atoms with Crippen LogP contribution in [0.15, 0.2) is 36.5 Å². The van der Waals surface area contributed by atoms with Crippen molar-refractivity contribution < 1.29 is 9.53 Å². The molecule has 1 aromatic heterocycles. The average molecular weight is 325 g/mol. The first kappa shape index (κ1) is 16.5. The maximum absolute atomic E-state index is 12.3. The number of ether oxygens (including phenoxy) is 1. The molecule has 1 aliphatic rings. The maximum Gasteiger partial charge on any atom is 0.274 e. The van der Waals surface area contributed by atoms with Crippen molar-refractivity contribution in [1.29, 1.82) is 0 Å². The topological polar surface area (TPSA) is 63.2 Å². The first-order valence-corrected chi connectivity index (χ1v) is 8.32. The molecule has 1 fully saturated rings. The number of aryl methyl sites for hydroxylation is 2. The molecule has 1 unspecified atom stereocenters. The Labute approximate surface area is 142 Å². The summed E-state index contributed by atoms with van der Waals surface area (Å²) in [5.41, 5.74) is 4.43. The second-order valence-corrected chi connectivity index (χ2v) is 6.20. The maximum atomic E-state index is 12.3. The van der Waals surface area contributed by atoms with E-state index in [-0.39, 0.29) is 12.0 Å². The predicted molar refractivity (Wildman–Crippen MR) is 95.6 cm³/mol. The van der Waals surface area contributed by atoms with Crippen molar-refractivity contribution in [1.82, 2.24) is 4.98 Å². The summed E-state index contributed by atoms with van der Waals surface area (Å²) in [4.78, 5) is 16.5. The fourth-order valence-electron chi connectivity index (χ4n) is 2.68. The molecule has 0 saturated carbocycles. The number of benzene rings is 1. The molecule has 3 rings (SSSR count). The van der Waals surface area contributed by atoms with Gasteiger partial charge in [0, 0.05) is 18.8 Å². The van der Waals surface area contributed by atoms with E-state index in [1.165, 1.54) is 5.56 Å². The molecule has 2 N–H and O–H groups in total. The SMILES string of the molecule is Cc1ccc(NC(=O)c2ccc(NCC3CCCO3)cn2)cc1C. The minimum absolute atomic E-state index is 0.205. The monoisotopic (exact) mass is 325 g/mol. The van der Waals surface area contributed by atoms with Gasteiger partial charge in [0.2, 0.25) is 0 Å². The highest BCUT2D eigenvalue weighted by molar-refractivity contribution is 6.03. The fraction of sp³-hybridized carbons (Fsp3) is 0.368. The number of carbonyl (C=O) groups is 1. The summed E-state index contributed by atoms with van der Waals surface area (Å²) in [6, 6.07) is 9.46. The third kappa shape index (κ3) is 4.11. The van der Waals surface area contributed by atoms with Crippen molar-refractivity contribution in [3.05, 3.63) is 53.3 Å². The normalized spacial score (nSPS) is 16.8. The third-order valence-electron chi connectivity index (χ3n) is 4.32. The Morgan fingerprint density at radius 2 is 2.04 bits per heavy atom. The summed E-state index contributed by atoms with van der Waals surface area (Å²) in [5, 5.41) is 6.18. The van der Waals surface area contributed by atoms with Crippen LogP contribution in [0.3, 0.4) is 0 Å². The van der Waals surface area contributed by atoms with Crippen molar-refractivity contribution >= 4 is 17.3 Å². The quantitative estimate of drug-likeness (QED) is 0.882. The lowest BCUT2D eigenvalue weighted by molar-refractivity contribution is 0.102. The lowest BCUT2D eigenvalue weighted by atomic mass is 10.1. The van der Waals surface area contributed by atoms with Gasteiger partial charge in [0.05, 0.1) is 18.0 Å². The van der Waals surface area contributed by atoms with E-state index in [2.05, 4.69) is 15.6 Å². The summed E-state index contributed by atoms with van der Waals surface area (Å²) in [6.45, 7) is 5.70. The molecular weight excluding hydrogens is 302 g/mol. The number of nitrogens with one attached hydrogen (secondary N) is 2. The average Bonchev–Trinajstić information content (AvgIpc) is 3.10. The van der Waals surface area contributed by atoms with Gasteiger partial charge in [-0.3, -0.25) is 4.79 Å². The highest BCUT2D eigenvalue weighted by Gasteiger charge is 2.15. The van der Waals surface area contributed by atoms with Gasteiger partial charge in [-0.05, 0) is 62.1 Å². The second-order valence-electron chi connectivity index (χ2n) is 6.20. The van der Waals surface area contributed by atoms with Crippen molar-refractivity contribution in [2.45, 2.75) is 32.8 Å². The highest BCUT2D eigenvalue weighted by Crippen LogP contribution is 2.16. The van der Waals surface area contributed by atoms with E-state index in [1.807, 2.05) is 38.1 Å². The van der Waals surface area contributed by atoms with Crippen molar-refractivity contribution in [3.8, 4) is 0 Å². The number of carbonyl (C=O) groups excluding carboxylic acids is 1. The van der Waals surface area contributed by atoms with Gasteiger partial charge in [0.25, 0.3) is 5.91 Å². The Bertz CT molecular complexity index is 707. The zero-order chi connectivity index (χ0) is 16.9. The molecule has 5 nitrogen and oxygen atoms in total. The predicted octanol–water partition coefficient (Wildman–Crippen LogP) is 3.54. The zero-order valence-electron chi connectivity index (χ0n) is 14.1. The number of nitrogens with zero attached hydrogens (tertiary/aromatic N) is 1. The molecule has 1 atom stereocenters. The van der Waals surface area contributed by atoms with Gasteiger partial charge in [-0.25, -0.2) is 4.98 Å². The van der Waals surface area contributed by atoms with E-state index in [0.29, 0.717) is 5.69 Å². The van der Waals surface area contributed by atoms with E-state index in [4.69, 9.17) is 4.74 Å². The molecule has 0 bridgehead atoms. The summed E-state index contributed by atoms with van der Waals surface area (Å²) < 4.78 is 5.57. The Morgan fingerprint density at radius 1 is 1.21 bits per heavy atom. The van der Waals surface area contributed by atoms with Crippen LogP contribution >= 0.6 is 0 Å². The molecule has 126 valence electrons. The Balaban J connectivity index is 1.57. The van der Waals surface area contributed by atoms with E-state index < -0.39 is 0 Å². The molecule has 0 aliphatic carbocycles. The Hall–Kier alpha value is -2.40. The van der Waals surface area contributed by atoms with Crippen molar-refractivity contribution in [2.75, 3.05) is 23.8 Å². The molecule has 2 aromatic rings. The number of rotatable bonds is 5. The fourth-order valence-corrected chi connectivity index (χ4v) is 2.68. The third-order valence-corrected chi connectivity index (χ3v) is 4.32. The van der Waals surface area contributed by atoms with Crippen LogP contribution in [0, 0.1) is 13.8 Å². The van der Waals surface area contributed by atoms with Crippen LogP contribution in [0.5, 0.6) is 0 Å². The van der Waals surface area contributed by atoms with Gasteiger partial charge < -0.3 is 15.4 Å². The van der Waals surface area contributed by atoms with Crippen LogP contribution in [0.1, 0.15) is 34.5 Å². The van der Waals surface area contributed by atoms with Crippen molar-refractivity contribution in [2.24, 2.45) is 0 Å². The second kappa shape index (κ2) is 7.45. The molecular formula is C19H23N3O2. The molecule has 1 amide bonds. The van der Waals surface area contributed by atoms with E-state index in [0.717, 1.165) is 42.9 Å². The largest absolute Gasteiger partial charge is 0.381 e. The lowest BCUT2D eigenvalue weighted by Gasteiger charge is -2.12. The van der Waals surface area contributed by atoms with Crippen LogP contribution in [-0.2, 0) is 4.74 Å². The molecule has 5 heteroatoms. The number of aromatic nitrogens is 1. The van der Waals surface area contributed by atoms with E-state index in [1.54, 1.807) is 12.3 Å². The van der Waals surface area contributed by atoms with Crippen LogP contribution in [0.25, 0.3) is 0 Å². The van der Waals surface area contributed by atoms with E-state index >= 15 is 0 Å². The first-order valence-electron chi connectivity index (χ1n) is 8.32. The Kier molecular flexibility index (Phi) is 5.11. The van der Waals surface area contributed by atoms with Crippen molar-refractivity contribution in [3.63, 3.8) is 0 Å². The van der Waals surface area contributed by atoms with Crippen LogP contribution in [-0.4, -0.2) is 30.1 Å². The highest BCUT2D eigenvalue weighted by atomic mass is 16.5. The smallest absolute Gasteiger partial charge is 0.274 e. The van der Waals surface area contributed by atoms with Gasteiger partial charge in [-0.15, -0.1) is 0 Å². The molecule has 1 saturated heterocycles. The first-order chi connectivity index (χ1) is 11.6. The number of pyridine rings is 1. The molecule has 1 aliphatic heterocycles. The summed E-state index contributed by atoms with van der Waals surface area (Å²) >= 11 is 0. The molecule has 0 spiro atoms. The van der Waals surface area contributed by atoms with Crippen LogP contribution in [0.4, 0.5) is 11.4 Å². The number of amides is 1.